The number of hydrogen-bond donors (Lipinski definition) is 1. The fraction of sp³-hybridized carbons (Fsp3) is 0.769. The number of carbonyl (C=O) groups is 1. The Bertz CT molecular complexity index is 257. The molecule has 1 N–H and O–H groups in total. The van der Waals surface area contributed by atoms with Gasteiger partial charge in [-0.1, -0.05) is 25.3 Å². The highest BCUT2D eigenvalue weighted by Gasteiger charge is 2.41. The van der Waals surface area contributed by atoms with Crippen molar-refractivity contribution in [3.63, 3.8) is 0 Å². The average molecular weight is 210 g/mol. The molecule has 0 aromatic carbocycles. The van der Waals surface area contributed by atoms with E-state index in [1.165, 1.54) is 6.42 Å². The average Bonchev–Trinajstić information content (AvgIpc) is 2.14. The van der Waals surface area contributed by atoms with Crippen LogP contribution in [0.5, 0.6) is 0 Å². The molecule has 2 unspecified atom stereocenters. The lowest BCUT2D eigenvalue weighted by atomic mass is 9.67. The maximum atomic E-state index is 11.4. The first-order valence-electron chi connectivity index (χ1n) is 5.84. The molecule has 1 fully saturated rings. The van der Waals surface area contributed by atoms with E-state index in [0.717, 1.165) is 37.7 Å². The van der Waals surface area contributed by atoms with Gasteiger partial charge in [0.15, 0.2) is 0 Å². The molecule has 1 rings (SSSR count). The van der Waals surface area contributed by atoms with Crippen LogP contribution in [0.4, 0.5) is 0 Å². The van der Waals surface area contributed by atoms with E-state index in [1.807, 2.05) is 6.92 Å². The summed E-state index contributed by atoms with van der Waals surface area (Å²) in [5.41, 5.74) is 0.630. The number of rotatable bonds is 4. The standard InChI is InChI=1S/C13H22O2/c1-10(2)6-8-13(12(14)15)7-4-5-11(3)9-13/h11H,1,4-9H2,2-3H3,(H,14,15). The highest BCUT2D eigenvalue weighted by Crippen LogP contribution is 2.43. The molecule has 0 heterocycles. The van der Waals surface area contributed by atoms with Crippen LogP contribution in [0, 0.1) is 11.3 Å². The van der Waals surface area contributed by atoms with Crippen molar-refractivity contribution in [1.29, 1.82) is 0 Å². The van der Waals surface area contributed by atoms with E-state index < -0.39 is 11.4 Å². The monoisotopic (exact) mass is 210 g/mol. The molecule has 2 nitrogen and oxygen atoms in total. The van der Waals surface area contributed by atoms with E-state index in [0.29, 0.717) is 5.92 Å². The van der Waals surface area contributed by atoms with Crippen molar-refractivity contribution in [2.75, 3.05) is 0 Å². The molecule has 1 saturated carbocycles. The van der Waals surface area contributed by atoms with Crippen molar-refractivity contribution >= 4 is 5.97 Å². The molecule has 0 aromatic rings. The summed E-state index contributed by atoms with van der Waals surface area (Å²) in [6.45, 7) is 7.99. The van der Waals surface area contributed by atoms with Crippen LogP contribution in [0.3, 0.4) is 0 Å². The molecule has 0 saturated heterocycles. The van der Waals surface area contributed by atoms with Crippen molar-refractivity contribution in [1.82, 2.24) is 0 Å². The van der Waals surface area contributed by atoms with Crippen LogP contribution in [-0.2, 0) is 4.79 Å². The summed E-state index contributed by atoms with van der Waals surface area (Å²) in [7, 11) is 0. The summed E-state index contributed by atoms with van der Waals surface area (Å²) >= 11 is 0. The number of carboxylic acids is 1. The first-order chi connectivity index (χ1) is 6.96. The molecular formula is C13H22O2. The Hall–Kier alpha value is -0.790. The third kappa shape index (κ3) is 3.08. The van der Waals surface area contributed by atoms with Crippen LogP contribution < -0.4 is 0 Å². The van der Waals surface area contributed by atoms with Crippen LogP contribution >= 0.6 is 0 Å². The minimum Gasteiger partial charge on any atom is -0.481 e. The lowest BCUT2D eigenvalue weighted by Crippen LogP contribution is -2.35. The van der Waals surface area contributed by atoms with Gasteiger partial charge < -0.3 is 5.11 Å². The zero-order chi connectivity index (χ0) is 11.5. The molecule has 0 amide bonds. The highest BCUT2D eigenvalue weighted by atomic mass is 16.4. The Kier molecular flexibility index (Phi) is 3.95. The first-order valence-corrected chi connectivity index (χ1v) is 5.84. The molecular weight excluding hydrogens is 188 g/mol. The second-order valence-corrected chi connectivity index (χ2v) is 5.24. The van der Waals surface area contributed by atoms with Crippen LogP contribution in [0.1, 0.15) is 52.4 Å². The van der Waals surface area contributed by atoms with Gasteiger partial charge in [-0.25, -0.2) is 0 Å². The quantitative estimate of drug-likeness (QED) is 0.719. The Balaban J connectivity index is 2.69. The zero-order valence-corrected chi connectivity index (χ0v) is 9.88. The molecule has 0 radical (unpaired) electrons. The molecule has 1 aliphatic carbocycles. The van der Waals surface area contributed by atoms with E-state index in [-0.39, 0.29) is 0 Å². The third-order valence-electron chi connectivity index (χ3n) is 3.58. The lowest BCUT2D eigenvalue weighted by molar-refractivity contribution is -0.152. The predicted molar refractivity (Wildman–Crippen MR) is 61.7 cm³/mol. The van der Waals surface area contributed by atoms with Gasteiger partial charge >= 0.3 is 5.97 Å². The smallest absolute Gasteiger partial charge is 0.309 e. The van der Waals surface area contributed by atoms with Crippen molar-refractivity contribution in [3.05, 3.63) is 12.2 Å². The van der Waals surface area contributed by atoms with Gasteiger partial charge in [-0.15, -0.1) is 6.58 Å². The van der Waals surface area contributed by atoms with Crippen molar-refractivity contribution in [2.45, 2.75) is 52.4 Å². The van der Waals surface area contributed by atoms with Gasteiger partial charge in [0.05, 0.1) is 5.41 Å². The minimum absolute atomic E-state index is 0.462. The second kappa shape index (κ2) is 4.82. The van der Waals surface area contributed by atoms with E-state index in [9.17, 15) is 9.90 Å². The second-order valence-electron chi connectivity index (χ2n) is 5.24. The Morgan fingerprint density at radius 1 is 1.60 bits per heavy atom. The van der Waals surface area contributed by atoms with Gasteiger partial charge in [-0.05, 0) is 38.5 Å². The number of hydrogen-bond acceptors (Lipinski definition) is 1. The van der Waals surface area contributed by atoms with Gasteiger partial charge in [0.1, 0.15) is 0 Å². The van der Waals surface area contributed by atoms with E-state index >= 15 is 0 Å². The predicted octanol–water partition coefficient (Wildman–Crippen LogP) is 3.62. The first kappa shape index (κ1) is 12.3. The van der Waals surface area contributed by atoms with Crippen LogP contribution in [0.2, 0.25) is 0 Å². The minimum atomic E-state index is -0.602. The van der Waals surface area contributed by atoms with Gasteiger partial charge in [0, 0.05) is 0 Å². The number of carboxylic acid groups (broad SMARTS) is 1. The van der Waals surface area contributed by atoms with Gasteiger partial charge in [-0.2, -0.15) is 0 Å². The normalized spacial score (nSPS) is 31.2. The zero-order valence-electron chi connectivity index (χ0n) is 9.88. The summed E-state index contributed by atoms with van der Waals surface area (Å²) in [6.07, 6.45) is 5.54. The summed E-state index contributed by atoms with van der Waals surface area (Å²) in [6, 6.07) is 0. The largest absolute Gasteiger partial charge is 0.481 e. The van der Waals surface area contributed by atoms with Crippen LogP contribution in [0.15, 0.2) is 12.2 Å². The van der Waals surface area contributed by atoms with Crippen molar-refractivity contribution < 1.29 is 9.90 Å². The number of allylic oxidation sites excluding steroid dienone is 1. The highest BCUT2D eigenvalue weighted by molar-refractivity contribution is 5.74. The van der Waals surface area contributed by atoms with Crippen molar-refractivity contribution in [3.8, 4) is 0 Å². The maximum Gasteiger partial charge on any atom is 0.309 e. The van der Waals surface area contributed by atoms with Crippen LogP contribution in [-0.4, -0.2) is 11.1 Å². The molecule has 2 atom stereocenters. The Labute approximate surface area is 92.4 Å². The third-order valence-corrected chi connectivity index (χ3v) is 3.58. The topological polar surface area (TPSA) is 37.3 Å². The Morgan fingerprint density at radius 2 is 2.27 bits per heavy atom. The van der Waals surface area contributed by atoms with Gasteiger partial charge in [0.25, 0.3) is 0 Å². The maximum absolute atomic E-state index is 11.4. The summed E-state index contributed by atoms with van der Waals surface area (Å²) in [4.78, 5) is 11.4. The van der Waals surface area contributed by atoms with Gasteiger partial charge in [-0.3, -0.25) is 4.79 Å². The SMILES string of the molecule is C=C(C)CCC1(C(=O)O)CCCC(C)C1. The summed E-state index contributed by atoms with van der Waals surface area (Å²) < 4.78 is 0. The summed E-state index contributed by atoms with van der Waals surface area (Å²) in [5, 5.41) is 9.39. The molecule has 0 aliphatic heterocycles. The van der Waals surface area contributed by atoms with E-state index in [4.69, 9.17) is 0 Å². The summed E-state index contributed by atoms with van der Waals surface area (Å²) in [5.74, 6) is -0.0460. The fourth-order valence-corrected chi connectivity index (χ4v) is 2.64. The molecule has 2 heteroatoms. The number of aliphatic carboxylic acids is 1. The van der Waals surface area contributed by atoms with E-state index in [1.54, 1.807) is 0 Å². The van der Waals surface area contributed by atoms with Crippen LogP contribution in [0.25, 0.3) is 0 Å². The molecule has 1 aliphatic rings. The lowest BCUT2D eigenvalue weighted by Gasteiger charge is -2.36. The molecule has 86 valence electrons. The molecule has 0 aromatic heterocycles. The van der Waals surface area contributed by atoms with E-state index in [2.05, 4.69) is 13.5 Å². The fourth-order valence-electron chi connectivity index (χ4n) is 2.64. The molecule has 0 spiro atoms. The molecule has 15 heavy (non-hydrogen) atoms. The molecule has 0 bridgehead atoms. The van der Waals surface area contributed by atoms with Crippen molar-refractivity contribution in [2.24, 2.45) is 11.3 Å². The van der Waals surface area contributed by atoms with Gasteiger partial charge in [0.2, 0.25) is 0 Å². The Morgan fingerprint density at radius 3 is 2.73 bits per heavy atom.